The van der Waals surface area contributed by atoms with Crippen LogP contribution in [0.15, 0.2) is 23.8 Å². The molecule has 0 saturated carbocycles. The molecule has 0 bridgehead atoms. The number of aromatic hydroxyl groups is 1. The first kappa shape index (κ1) is 8.81. The van der Waals surface area contributed by atoms with Gasteiger partial charge in [0.25, 0.3) is 5.91 Å². The van der Waals surface area contributed by atoms with E-state index in [1.807, 2.05) is 13.8 Å². The molecule has 0 aliphatic carbocycles. The van der Waals surface area contributed by atoms with Crippen molar-refractivity contribution < 1.29 is 9.90 Å². The fourth-order valence-corrected chi connectivity index (χ4v) is 1.65. The Bertz CT molecular complexity index is 443. The highest BCUT2D eigenvalue weighted by atomic mass is 16.3. The van der Waals surface area contributed by atoms with E-state index >= 15 is 0 Å². The van der Waals surface area contributed by atoms with Crippen molar-refractivity contribution in [3.8, 4) is 5.75 Å². The van der Waals surface area contributed by atoms with E-state index in [0.29, 0.717) is 5.57 Å². The number of hydrogen-bond acceptors (Lipinski definition) is 2. The van der Waals surface area contributed by atoms with Gasteiger partial charge >= 0.3 is 0 Å². The van der Waals surface area contributed by atoms with Gasteiger partial charge < -0.3 is 10.4 Å². The molecule has 1 aromatic carbocycles. The van der Waals surface area contributed by atoms with Crippen LogP contribution in [0.5, 0.6) is 5.75 Å². The van der Waals surface area contributed by atoms with Crippen LogP contribution in [0.1, 0.15) is 19.4 Å². The summed E-state index contributed by atoms with van der Waals surface area (Å²) >= 11 is 0. The molecule has 1 aromatic rings. The Morgan fingerprint density at radius 1 is 1.36 bits per heavy atom. The van der Waals surface area contributed by atoms with Gasteiger partial charge in [0.05, 0.1) is 0 Å². The van der Waals surface area contributed by atoms with Crippen LogP contribution in [0.2, 0.25) is 0 Å². The highest BCUT2D eigenvalue weighted by Crippen LogP contribution is 2.35. The molecular formula is C11H11NO2. The third-order valence-corrected chi connectivity index (χ3v) is 2.25. The van der Waals surface area contributed by atoms with Crippen molar-refractivity contribution >= 4 is 17.2 Å². The molecule has 0 atom stereocenters. The lowest BCUT2D eigenvalue weighted by Gasteiger charge is -2.00. The number of nitrogens with one attached hydrogen (secondary N) is 1. The fraction of sp³-hybridized carbons (Fsp3) is 0.182. The van der Waals surface area contributed by atoms with Crippen LogP contribution in [-0.4, -0.2) is 11.0 Å². The highest BCUT2D eigenvalue weighted by molar-refractivity contribution is 6.32. The van der Waals surface area contributed by atoms with Gasteiger partial charge in [-0.25, -0.2) is 0 Å². The monoisotopic (exact) mass is 189 g/mol. The van der Waals surface area contributed by atoms with Crippen molar-refractivity contribution in [2.24, 2.45) is 0 Å². The Morgan fingerprint density at radius 2 is 2.07 bits per heavy atom. The fourth-order valence-electron chi connectivity index (χ4n) is 1.65. The number of hydrogen-bond donors (Lipinski definition) is 2. The molecule has 0 spiro atoms. The summed E-state index contributed by atoms with van der Waals surface area (Å²) in [5.41, 5.74) is 3.17. The SMILES string of the molecule is CC(C)=C1C(=O)Nc2ccc(O)cc21. The molecule has 72 valence electrons. The number of anilines is 1. The predicted octanol–water partition coefficient (Wildman–Crippen LogP) is 2.14. The van der Waals surface area contributed by atoms with Crippen molar-refractivity contribution in [2.75, 3.05) is 5.32 Å². The molecular weight excluding hydrogens is 178 g/mol. The van der Waals surface area contributed by atoms with Gasteiger partial charge in [-0.1, -0.05) is 5.57 Å². The first-order chi connectivity index (χ1) is 6.59. The summed E-state index contributed by atoms with van der Waals surface area (Å²) in [6, 6.07) is 4.88. The summed E-state index contributed by atoms with van der Waals surface area (Å²) in [6.07, 6.45) is 0. The summed E-state index contributed by atoms with van der Waals surface area (Å²) in [6.45, 7) is 3.77. The zero-order valence-electron chi connectivity index (χ0n) is 8.09. The number of benzene rings is 1. The lowest BCUT2D eigenvalue weighted by molar-refractivity contribution is -0.110. The maximum atomic E-state index is 11.5. The van der Waals surface area contributed by atoms with Crippen LogP contribution in [0.25, 0.3) is 5.57 Å². The average Bonchev–Trinajstić information content (AvgIpc) is 2.40. The molecule has 3 heteroatoms. The zero-order chi connectivity index (χ0) is 10.3. The second-order valence-corrected chi connectivity index (χ2v) is 3.56. The first-order valence-electron chi connectivity index (χ1n) is 4.42. The molecule has 1 heterocycles. The van der Waals surface area contributed by atoms with Gasteiger partial charge in [0.2, 0.25) is 0 Å². The van der Waals surface area contributed by atoms with E-state index in [-0.39, 0.29) is 11.7 Å². The molecule has 3 nitrogen and oxygen atoms in total. The van der Waals surface area contributed by atoms with Gasteiger partial charge in [0.1, 0.15) is 5.75 Å². The maximum Gasteiger partial charge on any atom is 0.256 e. The van der Waals surface area contributed by atoms with Gasteiger partial charge in [-0.3, -0.25) is 4.79 Å². The van der Waals surface area contributed by atoms with E-state index in [1.165, 1.54) is 0 Å². The molecule has 2 rings (SSSR count). The topological polar surface area (TPSA) is 49.3 Å². The molecule has 2 N–H and O–H groups in total. The Balaban J connectivity index is 2.68. The normalized spacial score (nSPS) is 13.9. The molecule has 0 aromatic heterocycles. The smallest absolute Gasteiger partial charge is 0.256 e. The Morgan fingerprint density at radius 3 is 2.71 bits per heavy atom. The quantitative estimate of drug-likeness (QED) is 0.485. The summed E-state index contributed by atoms with van der Waals surface area (Å²) in [4.78, 5) is 11.5. The van der Waals surface area contributed by atoms with Crippen LogP contribution in [0, 0.1) is 0 Å². The number of amides is 1. The second-order valence-electron chi connectivity index (χ2n) is 3.56. The highest BCUT2D eigenvalue weighted by Gasteiger charge is 2.24. The minimum Gasteiger partial charge on any atom is -0.508 e. The van der Waals surface area contributed by atoms with Crippen LogP contribution in [0.4, 0.5) is 5.69 Å². The van der Waals surface area contributed by atoms with E-state index in [0.717, 1.165) is 16.8 Å². The number of phenolic OH excluding ortho intramolecular Hbond substituents is 1. The van der Waals surface area contributed by atoms with Crippen molar-refractivity contribution in [3.63, 3.8) is 0 Å². The molecule has 1 aliphatic rings. The van der Waals surface area contributed by atoms with Gasteiger partial charge in [0.15, 0.2) is 0 Å². The number of fused-ring (bicyclic) bond motifs is 1. The lowest BCUT2D eigenvalue weighted by atomic mass is 10.0. The van der Waals surface area contributed by atoms with E-state index < -0.39 is 0 Å². The van der Waals surface area contributed by atoms with Gasteiger partial charge in [-0.2, -0.15) is 0 Å². The summed E-state index contributed by atoms with van der Waals surface area (Å²) < 4.78 is 0. The molecule has 14 heavy (non-hydrogen) atoms. The summed E-state index contributed by atoms with van der Waals surface area (Å²) in [5.74, 6) is 0.0876. The van der Waals surface area contributed by atoms with Crippen molar-refractivity contribution in [1.29, 1.82) is 0 Å². The van der Waals surface area contributed by atoms with E-state index in [2.05, 4.69) is 5.32 Å². The van der Waals surface area contributed by atoms with Crippen LogP contribution in [0.3, 0.4) is 0 Å². The minimum atomic E-state index is -0.0920. The van der Waals surface area contributed by atoms with Crippen LogP contribution < -0.4 is 5.32 Å². The Hall–Kier alpha value is -1.77. The minimum absolute atomic E-state index is 0.0920. The van der Waals surface area contributed by atoms with E-state index in [1.54, 1.807) is 18.2 Å². The molecule has 0 fully saturated rings. The third kappa shape index (κ3) is 1.18. The van der Waals surface area contributed by atoms with Gasteiger partial charge in [-0.15, -0.1) is 0 Å². The summed E-state index contributed by atoms with van der Waals surface area (Å²) in [5, 5.41) is 12.1. The number of phenols is 1. The number of carbonyl (C=O) groups excluding carboxylic acids is 1. The van der Waals surface area contributed by atoms with Crippen LogP contribution >= 0.6 is 0 Å². The predicted molar refractivity (Wildman–Crippen MR) is 55.0 cm³/mol. The van der Waals surface area contributed by atoms with Crippen LogP contribution in [-0.2, 0) is 4.79 Å². The van der Waals surface area contributed by atoms with Crippen molar-refractivity contribution in [2.45, 2.75) is 13.8 Å². The number of rotatable bonds is 0. The molecule has 1 amide bonds. The molecule has 0 saturated heterocycles. The van der Waals surface area contributed by atoms with Crippen molar-refractivity contribution in [3.05, 3.63) is 29.3 Å². The zero-order valence-corrected chi connectivity index (χ0v) is 8.09. The standard InChI is InChI=1S/C11H11NO2/c1-6(2)10-8-5-7(13)3-4-9(8)12-11(10)14/h3-5,13H,1-2H3,(H,12,14). The maximum absolute atomic E-state index is 11.5. The average molecular weight is 189 g/mol. The largest absolute Gasteiger partial charge is 0.508 e. The van der Waals surface area contributed by atoms with Crippen molar-refractivity contribution in [1.82, 2.24) is 0 Å². The third-order valence-electron chi connectivity index (χ3n) is 2.25. The first-order valence-corrected chi connectivity index (χ1v) is 4.42. The molecule has 1 aliphatic heterocycles. The molecule has 0 radical (unpaired) electrons. The second kappa shape index (κ2) is 2.87. The Kier molecular flexibility index (Phi) is 1.81. The number of carbonyl (C=O) groups is 1. The lowest BCUT2D eigenvalue weighted by Crippen LogP contribution is -2.04. The van der Waals surface area contributed by atoms with Gasteiger partial charge in [-0.05, 0) is 32.0 Å². The van der Waals surface area contributed by atoms with Gasteiger partial charge in [0, 0.05) is 16.8 Å². The van der Waals surface area contributed by atoms with E-state index in [9.17, 15) is 9.90 Å². The number of allylic oxidation sites excluding steroid dienone is 1. The Labute approximate surface area is 82.1 Å². The van der Waals surface area contributed by atoms with E-state index in [4.69, 9.17) is 0 Å². The molecule has 0 unspecified atom stereocenters. The summed E-state index contributed by atoms with van der Waals surface area (Å²) in [7, 11) is 0.